The van der Waals surface area contributed by atoms with Gasteiger partial charge in [0.15, 0.2) is 0 Å². The quantitative estimate of drug-likeness (QED) is 0.823. The molecule has 1 N–H and O–H groups in total. The maximum absolute atomic E-state index is 6.14. The van der Waals surface area contributed by atoms with Crippen LogP contribution in [0.1, 0.15) is 25.5 Å². The van der Waals surface area contributed by atoms with Crippen LogP contribution in [-0.4, -0.2) is 31.6 Å². The molecule has 0 radical (unpaired) electrons. The van der Waals surface area contributed by atoms with E-state index in [1.54, 1.807) is 0 Å². The lowest BCUT2D eigenvalue weighted by Gasteiger charge is -2.18. The molecule has 0 aliphatic carbocycles. The fraction of sp³-hybridized carbons (Fsp3) is 0.538. The zero-order valence-electron chi connectivity index (χ0n) is 10.3. The smallest absolute Gasteiger partial charge is 0.0453 e. The lowest BCUT2D eigenvalue weighted by atomic mass is 10.1. The molecule has 0 aliphatic rings. The van der Waals surface area contributed by atoms with Gasteiger partial charge in [-0.15, -0.1) is 0 Å². The zero-order valence-corrected chi connectivity index (χ0v) is 11.1. The van der Waals surface area contributed by atoms with Crippen LogP contribution in [-0.2, 0) is 0 Å². The normalized spacial score (nSPS) is 13.1. The van der Waals surface area contributed by atoms with Crippen molar-refractivity contribution in [3.8, 4) is 0 Å². The molecule has 3 heteroatoms. The summed E-state index contributed by atoms with van der Waals surface area (Å²) in [6.45, 7) is 7.44. The summed E-state index contributed by atoms with van der Waals surface area (Å²) in [6.07, 6.45) is 0. The molecule has 1 rings (SSSR count). The van der Waals surface area contributed by atoms with Crippen LogP contribution in [0.15, 0.2) is 24.3 Å². The van der Waals surface area contributed by atoms with E-state index in [4.69, 9.17) is 11.6 Å². The monoisotopic (exact) mass is 240 g/mol. The molecule has 0 amide bonds. The molecular formula is C13H21ClN2. The van der Waals surface area contributed by atoms with Gasteiger partial charge in [-0.05, 0) is 32.1 Å². The lowest BCUT2D eigenvalue weighted by Crippen LogP contribution is -2.30. The molecule has 0 fully saturated rings. The first kappa shape index (κ1) is 13.5. The first-order valence-electron chi connectivity index (χ1n) is 5.81. The largest absolute Gasteiger partial charge is 0.309 e. The van der Waals surface area contributed by atoms with Gasteiger partial charge in [0, 0.05) is 24.2 Å². The number of hydrogen-bond donors (Lipinski definition) is 1. The molecule has 0 aromatic heterocycles. The number of nitrogens with one attached hydrogen (secondary N) is 1. The second kappa shape index (κ2) is 6.89. The van der Waals surface area contributed by atoms with E-state index in [9.17, 15) is 0 Å². The highest BCUT2D eigenvalue weighted by Gasteiger charge is 2.07. The van der Waals surface area contributed by atoms with E-state index in [-0.39, 0.29) is 0 Å². The maximum atomic E-state index is 6.14. The summed E-state index contributed by atoms with van der Waals surface area (Å²) in [7, 11) is 2.13. The molecule has 1 unspecified atom stereocenters. The van der Waals surface area contributed by atoms with Crippen molar-refractivity contribution in [3.63, 3.8) is 0 Å². The summed E-state index contributed by atoms with van der Waals surface area (Å²) in [5.41, 5.74) is 1.17. The van der Waals surface area contributed by atoms with Gasteiger partial charge in [0.05, 0.1) is 0 Å². The summed E-state index contributed by atoms with van der Waals surface area (Å²) < 4.78 is 0. The average Bonchev–Trinajstić information content (AvgIpc) is 2.29. The van der Waals surface area contributed by atoms with E-state index in [1.165, 1.54) is 5.56 Å². The fourth-order valence-electron chi connectivity index (χ4n) is 1.57. The highest BCUT2D eigenvalue weighted by Crippen LogP contribution is 2.21. The molecule has 16 heavy (non-hydrogen) atoms. The van der Waals surface area contributed by atoms with Crippen molar-refractivity contribution in [2.75, 3.05) is 26.7 Å². The SMILES string of the molecule is CCN(C)CCNC(C)c1ccccc1Cl. The minimum atomic E-state index is 0.305. The van der Waals surface area contributed by atoms with Crippen molar-refractivity contribution in [2.24, 2.45) is 0 Å². The zero-order chi connectivity index (χ0) is 12.0. The van der Waals surface area contributed by atoms with Crippen LogP contribution in [0.5, 0.6) is 0 Å². The molecule has 1 atom stereocenters. The Morgan fingerprint density at radius 1 is 1.38 bits per heavy atom. The summed E-state index contributed by atoms with van der Waals surface area (Å²) >= 11 is 6.14. The van der Waals surface area contributed by atoms with Gasteiger partial charge in [0.1, 0.15) is 0 Å². The third kappa shape index (κ3) is 4.12. The number of benzene rings is 1. The second-order valence-corrected chi connectivity index (χ2v) is 4.50. The first-order valence-corrected chi connectivity index (χ1v) is 6.19. The van der Waals surface area contributed by atoms with E-state index in [0.717, 1.165) is 24.7 Å². The standard InChI is InChI=1S/C13H21ClN2/c1-4-16(3)10-9-15-11(2)12-7-5-6-8-13(12)14/h5-8,11,15H,4,9-10H2,1-3H3. The highest BCUT2D eigenvalue weighted by molar-refractivity contribution is 6.31. The van der Waals surface area contributed by atoms with Crippen LogP contribution in [0.3, 0.4) is 0 Å². The Balaban J connectivity index is 2.41. The highest BCUT2D eigenvalue weighted by atomic mass is 35.5. The van der Waals surface area contributed by atoms with Gasteiger partial charge in [0.25, 0.3) is 0 Å². The third-order valence-corrected chi connectivity index (χ3v) is 3.20. The van der Waals surface area contributed by atoms with Crippen molar-refractivity contribution in [1.82, 2.24) is 10.2 Å². The van der Waals surface area contributed by atoms with Crippen molar-refractivity contribution in [2.45, 2.75) is 19.9 Å². The van der Waals surface area contributed by atoms with Crippen LogP contribution in [0.25, 0.3) is 0 Å². The van der Waals surface area contributed by atoms with Gasteiger partial charge in [-0.3, -0.25) is 0 Å². The van der Waals surface area contributed by atoms with E-state index in [1.807, 2.05) is 18.2 Å². The summed E-state index contributed by atoms with van der Waals surface area (Å²) in [5.74, 6) is 0. The van der Waals surface area contributed by atoms with Gasteiger partial charge in [-0.2, -0.15) is 0 Å². The minimum Gasteiger partial charge on any atom is -0.309 e. The molecule has 0 spiro atoms. The molecule has 0 aliphatic heterocycles. The predicted molar refractivity (Wildman–Crippen MR) is 71.0 cm³/mol. The Kier molecular flexibility index (Phi) is 5.81. The number of halogens is 1. The summed E-state index contributed by atoms with van der Waals surface area (Å²) in [4.78, 5) is 2.28. The Bertz CT molecular complexity index is 315. The molecule has 2 nitrogen and oxygen atoms in total. The molecule has 1 aromatic carbocycles. The van der Waals surface area contributed by atoms with Gasteiger partial charge in [-0.25, -0.2) is 0 Å². The van der Waals surface area contributed by atoms with Crippen molar-refractivity contribution < 1.29 is 0 Å². The Morgan fingerprint density at radius 3 is 2.69 bits per heavy atom. The van der Waals surface area contributed by atoms with Crippen LogP contribution in [0.2, 0.25) is 5.02 Å². The molecule has 90 valence electrons. The molecule has 0 heterocycles. The minimum absolute atomic E-state index is 0.305. The summed E-state index contributed by atoms with van der Waals surface area (Å²) in [5, 5.41) is 4.32. The number of likely N-dealkylation sites (N-methyl/N-ethyl adjacent to an activating group) is 1. The number of nitrogens with zero attached hydrogens (tertiary/aromatic N) is 1. The topological polar surface area (TPSA) is 15.3 Å². The van der Waals surface area contributed by atoms with Gasteiger partial charge < -0.3 is 10.2 Å². The maximum Gasteiger partial charge on any atom is 0.0453 e. The first-order chi connectivity index (χ1) is 7.65. The van der Waals surface area contributed by atoms with Crippen LogP contribution in [0.4, 0.5) is 0 Å². The van der Waals surface area contributed by atoms with Gasteiger partial charge in [-0.1, -0.05) is 36.7 Å². The van der Waals surface area contributed by atoms with Crippen LogP contribution >= 0.6 is 11.6 Å². The number of rotatable bonds is 6. The predicted octanol–water partition coefficient (Wildman–Crippen LogP) is 2.94. The van der Waals surface area contributed by atoms with E-state index < -0.39 is 0 Å². The average molecular weight is 241 g/mol. The second-order valence-electron chi connectivity index (χ2n) is 4.09. The Labute approximate surface area is 104 Å². The van der Waals surface area contributed by atoms with Gasteiger partial charge >= 0.3 is 0 Å². The van der Waals surface area contributed by atoms with Crippen LogP contribution in [0, 0.1) is 0 Å². The van der Waals surface area contributed by atoms with Crippen molar-refractivity contribution in [3.05, 3.63) is 34.9 Å². The van der Waals surface area contributed by atoms with Crippen molar-refractivity contribution in [1.29, 1.82) is 0 Å². The molecule has 1 aromatic rings. The Hall–Kier alpha value is -0.570. The van der Waals surface area contributed by atoms with Crippen LogP contribution < -0.4 is 5.32 Å². The fourth-order valence-corrected chi connectivity index (χ4v) is 1.87. The van der Waals surface area contributed by atoms with E-state index >= 15 is 0 Å². The summed E-state index contributed by atoms with van der Waals surface area (Å²) in [6, 6.07) is 8.30. The van der Waals surface area contributed by atoms with Crippen molar-refractivity contribution >= 4 is 11.6 Å². The molecule has 0 saturated carbocycles. The molecule has 0 saturated heterocycles. The van der Waals surface area contributed by atoms with E-state index in [0.29, 0.717) is 6.04 Å². The van der Waals surface area contributed by atoms with E-state index in [2.05, 4.69) is 37.2 Å². The van der Waals surface area contributed by atoms with Gasteiger partial charge in [0.2, 0.25) is 0 Å². The molecular weight excluding hydrogens is 220 g/mol. The Morgan fingerprint density at radius 2 is 2.06 bits per heavy atom. The molecule has 0 bridgehead atoms. The number of hydrogen-bond acceptors (Lipinski definition) is 2. The lowest BCUT2D eigenvalue weighted by molar-refractivity contribution is 0.342. The third-order valence-electron chi connectivity index (χ3n) is 2.86.